The molecule has 6 heteroatoms. The minimum atomic E-state index is 0.869. The zero-order valence-corrected chi connectivity index (χ0v) is 25.4. The van der Waals surface area contributed by atoms with E-state index in [0.717, 1.165) is 45.7 Å². The summed E-state index contributed by atoms with van der Waals surface area (Å²) in [4.78, 5) is 19.8. The molecular weight excluding hydrogens is 552 g/mol. The molecule has 0 amide bonds. The molecule has 0 aliphatic carbocycles. The molecule has 224 valence electrons. The summed E-state index contributed by atoms with van der Waals surface area (Å²) in [6.07, 6.45) is 1.06. The third-order valence-electron chi connectivity index (χ3n) is 8.87. The Hall–Kier alpha value is -5.04. The first-order valence-corrected chi connectivity index (χ1v) is 15.9. The van der Waals surface area contributed by atoms with Gasteiger partial charge in [0.2, 0.25) is 0 Å². The van der Waals surface area contributed by atoms with Gasteiger partial charge in [-0.2, -0.15) is 0 Å². The maximum absolute atomic E-state index is 3.66. The van der Waals surface area contributed by atoms with E-state index in [4.69, 9.17) is 0 Å². The molecule has 0 saturated carbocycles. The Labute approximate surface area is 262 Å². The predicted molar refractivity (Wildman–Crippen MR) is 186 cm³/mol. The van der Waals surface area contributed by atoms with Gasteiger partial charge >= 0.3 is 0 Å². The number of H-pyrrole nitrogens is 4. The van der Waals surface area contributed by atoms with E-state index in [1.54, 1.807) is 0 Å². The van der Waals surface area contributed by atoms with Crippen LogP contribution in [-0.2, 0) is 26.2 Å². The van der Waals surface area contributed by atoms with Gasteiger partial charge in [0.15, 0.2) is 0 Å². The number of para-hydroxylation sites is 4. The highest BCUT2D eigenvalue weighted by Crippen LogP contribution is 2.22. The van der Waals surface area contributed by atoms with Gasteiger partial charge < -0.3 is 19.9 Å². The standard InChI is InChI=1S/C39H38N6/c1-5-14-36-28(10-1)20-32(40-36)24-44(25-33-21-29-11-2-6-15-37(29)41-33)18-9-19-45(26-34-22-30-12-3-7-16-38(30)42-34)27-35-23-31-13-4-8-17-39(31)43-35/h1-8,10-17,20-23,40-43H,9,18-19,24-27H2. The first-order chi connectivity index (χ1) is 22.2. The molecule has 0 bridgehead atoms. The van der Waals surface area contributed by atoms with Crippen LogP contribution >= 0.6 is 0 Å². The van der Waals surface area contributed by atoms with Crippen LogP contribution in [0.5, 0.6) is 0 Å². The Morgan fingerprint density at radius 1 is 0.356 bits per heavy atom. The van der Waals surface area contributed by atoms with E-state index in [1.807, 2.05) is 0 Å². The van der Waals surface area contributed by atoms with Crippen LogP contribution in [0.15, 0.2) is 121 Å². The number of hydrogen-bond donors (Lipinski definition) is 4. The van der Waals surface area contributed by atoms with Crippen molar-refractivity contribution < 1.29 is 0 Å². The molecule has 8 aromatic rings. The normalized spacial score (nSPS) is 12.1. The van der Waals surface area contributed by atoms with Gasteiger partial charge in [-0.05, 0) is 76.5 Å². The van der Waals surface area contributed by atoms with Crippen LogP contribution in [0.25, 0.3) is 43.6 Å². The molecule has 0 atom stereocenters. The number of aromatic nitrogens is 4. The molecule has 8 rings (SSSR count). The molecule has 0 fully saturated rings. The molecule has 4 N–H and O–H groups in total. The molecule has 0 unspecified atom stereocenters. The summed E-state index contributed by atoms with van der Waals surface area (Å²) in [6.45, 7) is 5.45. The van der Waals surface area contributed by atoms with Crippen LogP contribution in [-0.4, -0.2) is 42.8 Å². The summed E-state index contributed by atoms with van der Waals surface area (Å²) in [5, 5.41) is 5.06. The predicted octanol–water partition coefficient (Wildman–Crippen LogP) is 8.71. The maximum Gasteiger partial charge on any atom is 0.0456 e. The Morgan fingerprint density at radius 2 is 0.622 bits per heavy atom. The second-order valence-corrected chi connectivity index (χ2v) is 12.3. The quantitative estimate of drug-likeness (QED) is 0.115. The Bertz CT molecular complexity index is 1750. The van der Waals surface area contributed by atoms with Crippen molar-refractivity contribution in [3.8, 4) is 0 Å². The van der Waals surface area contributed by atoms with Crippen molar-refractivity contribution >= 4 is 43.6 Å². The van der Waals surface area contributed by atoms with Crippen LogP contribution < -0.4 is 0 Å². The van der Waals surface area contributed by atoms with E-state index in [9.17, 15) is 0 Å². The van der Waals surface area contributed by atoms with Gasteiger partial charge in [-0.15, -0.1) is 0 Å². The lowest BCUT2D eigenvalue weighted by molar-refractivity contribution is 0.203. The largest absolute Gasteiger partial charge is 0.357 e. The lowest BCUT2D eigenvalue weighted by Crippen LogP contribution is -2.30. The van der Waals surface area contributed by atoms with Gasteiger partial charge in [0.05, 0.1) is 0 Å². The topological polar surface area (TPSA) is 69.6 Å². The zero-order valence-electron chi connectivity index (χ0n) is 25.4. The number of aromatic amines is 4. The smallest absolute Gasteiger partial charge is 0.0456 e. The Kier molecular flexibility index (Phi) is 7.43. The minimum absolute atomic E-state index is 0.869. The molecule has 4 aromatic carbocycles. The van der Waals surface area contributed by atoms with Gasteiger partial charge in [-0.3, -0.25) is 9.80 Å². The highest BCUT2D eigenvalue weighted by molar-refractivity contribution is 5.82. The molecule has 45 heavy (non-hydrogen) atoms. The third-order valence-corrected chi connectivity index (χ3v) is 8.87. The van der Waals surface area contributed by atoms with E-state index >= 15 is 0 Å². The lowest BCUT2D eigenvalue weighted by Gasteiger charge is -2.25. The monoisotopic (exact) mass is 590 g/mol. The minimum Gasteiger partial charge on any atom is -0.357 e. The molecule has 0 radical (unpaired) electrons. The molecule has 0 aliphatic rings. The van der Waals surface area contributed by atoms with Crippen molar-refractivity contribution in [3.63, 3.8) is 0 Å². The van der Waals surface area contributed by atoms with E-state index < -0.39 is 0 Å². The average molecular weight is 591 g/mol. The highest BCUT2D eigenvalue weighted by atomic mass is 15.2. The number of nitrogens with zero attached hydrogens (tertiary/aromatic N) is 2. The van der Waals surface area contributed by atoms with Crippen molar-refractivity contribution in [1.82, 2.24) is 29.7 Å². The summed E-state index contributed by atoms with van der Waals surface area (Å²) < 4.78 is 0. The van der Waals surface area contributed by atoms with E-state index in [-0.39, 0.29) is 0 Å². The maximum atomic E-state index is 3.66. The number of benzene rings is 4. The van der Waals surface area contributed by atoms with Crippen LogP contribution in [0, 0.1) is 0 Å². The SMILES string of the molecule is c1ccc2[nH]c(CN(CCCN(Cc3cc4ccccc4[nH]3)Cc3cc4ccccc4[nH]3)Cc3cc4ccccc4[nH]3)cc2c1. The molecule has 6 nitrogen and oxygen atoms in total. The van der Waals surface area contributed by atoms with Crippen LogP contribution in [0.2, 0.25) is 0 Å². The molecule has 4 aromatic heterocycles. The fourth-order valence-electron chi connectivity index (χ4n) is 6.78. The molecule has 0 aliphatic heterocycles. The zero-order chi connectivity index (χ0) is 30.0. The van der Waals surface area contributed by atoms with Crippen LogP contribution in [0.4, 0.5) is 0 Å². The van der Waals surface area contributed by atoms with Crippen LogP contribution in [0.1, 0.15) is 29.2 Å². The number of fused-ring (bicyclic) bond motifs is 4. The number of hydrogen-bond acceptors (Lipinski definition) is 2. The summed E-state index contributed by atoms with van der Waals surface area (Å²) in [7, 11) is 0. The third kappa shape index (κ3) is 6.16. The van der Waals surface area contributed by atoms with Crippen molar-refractivity contribution in [2.45, 2.75) is 32.6 Å². The Morgan fingerprint density at radius 3 is 0.889 bits per heavy atom. The fourth-order valence-corrected chi connectivity index (χ4v) is 6.78. The molecule has 0 spiro atoms. The van der Waals surface area contributed by atoms with Gasteiger partial charge in [0.25, 0.3) is 0 Å². The molecular formula is C39H38N6. The van der Waals surface area contributed by atoms with Crippen molar-refractivity contribution in [2.24, 2.45) is 0 Å². The van der Waals surface area contributed by atoms with E-state index in [0.29, 0.717) is 0 Å². The lowest BCUT2D eigenvalue weighted by atomic mass is 10.2. The first kappa shape index (κ1) is 27.5. The van der Waals surface area contributed by atoms with Gasteiger partial charge in [0, 0.05) is 84.1 Å². The van der Waals surface area contributed by atoms with Crippen molar-refractivity contribution in [3.05, 3.63) is 144 Å². The van der Waals surface area contributed by atoms with Gasteiger partial charge in [-0.25, -0.2) is 0 Å². The molecule has 4 heterocycles. The highest BCUT2D eigenvalue weighted by Gasteiger charge is 2.15. The first-order valence-electron chi connectivity index (χ1n) is 15.9. The van der Waals surface area contributed by atoms with E-state index in [1.165, 1.54) is 66.4 Å². The van der Waals surface area contributed by atoms with E-state index in [2.05, 4.69) is 151 Å². The Balaban J connectivity index is 1.02. The average Bonchev–Trinajstić information content (AvgIpc) is 3.84. The fraction of sp³-hybridized carbons (Fsp3) is 0.179. The summed E-state index contributed by atoms with van der Waals surface area (Å²) >= 11 is 0. The van der Waals surface area contributed by atoms with Crippen molar-refractivity contribution in [1.29, 1.82) is 0 Å². The second kappa shape index (κ2) is 12.2. The van der Waals surface area contributed by atoms with Gasteiger partial charge in [0.1, 0.15) is 0 Å². The summed E-state index contributed by atoms with van der Waals surface area (Å²) in [5.41, 5.74) is 9.78. The second-order valence-electron chi connectivity index (χ2n) is 12.3. The number of nitrogens with one attached hydrogen (secondary N) is 4. The molecule has 0 saturated heterocycles. The number of rotatable bonds is 12. The van der Waals surface area contributed by atoms with Gasteiger partial charge in [-0.1, -0.05) is 72.8 Å². The summed E-state index contributed by atoms with van der Waals surface area (Å²) in [6, 6.07) is 43.4. The van der Waals surface area contributed by atoms with Crippen LogP contribution in [0.3, 0.4) is 0 Å². The summed E-state index contributed by atoms with van der Waals surface area (Å²) in [5.74, 6) is 0. The van der Waals surface area contributed by atoms with Crippen molar-refractivity contribution in [2.75, 3.05) is 13.1 Å².